The molecule has 1 nitrogen and oxygen atoms in total. The van der Waals surface area contributed by atoms with Crippen LogP contribution in [-0.2, 0) is 0 Å². The number of rotatable bonds is 0. The molecule has 2 aromatic rings. The molecule has 1 aromatic heterocycles. The Labute approximate surface area is 88.7 Å². The molecule has 2 rings (SSSR count). The van der Waals surface area contributed by atoms with Gasteiger partial charge in [-0.3, -0.25) is 0 Å². The molecular formula is C12H8ClN. The fourth-order valence-electron chi connectivity index (χ4n) is 1.46. The molecule has 0 spiro atoms. The van der Waals surface area contributed by atoms with Crippen LogP contribution in [0.25, 0.3) is 10.9 Å². The van der Waals surface area contributed by atoms with Crippen LogP contribution in [0.3, 0.4) is 0 Å². The van der Waals surface area contributed by atoms with E-state index < -0.39 is 0 Å². The van der Waals surface area contributed by atoms with E-state index in [1.165, 1.54) is 0 Å². The van der Waals surface area contributed by atoms with E-state index in [9.17, 15) is 0 Å². The van der Waals surface area contributed by atoms with E-state index >= 15 is 0 Å². The van der Waals surface area contributed by atoms with Crippen LogP contribution in [0.5, 0.6) is 0 Å². The Morgan fingerprint density at radius 1 is 1.29 bits per heavy atom. The van der Waals surface area contributed by atoms with Crippen molar-refractivity contribution in [2.24, 2.45) is 0 Å². The van der Waals surface area contributed by atoms with Crippen molar-refractivity contribution in [3.8, 4) is 0 Å². The number of fused-ring (bicyclic) bond motifs is 1. The van der Waals surface area contributed by atoms with Crippen LogP contribution in [0.1, 0.15) is 16.7 Å². The molecule has 0 bridgehead atoms. The van der Waals surface area contributed by atoms with Gasteiger partial charge in [-0.1, -0.05) is 11.6 Å². The Morgan fingerprint density at radius 3 is 2.71 bits per heavy atom. The smallest absolute Gasteiger partial charge is 0.129 e. The molecule has 68 valence electrons. The number of benzene rings is 1. The molecule has 1 heterocycles. The maximum absolute atomic E-state index is 5.80. The van der Waals surface area contributed by atoms with Gasteiger partial charge in [0.15, 0.2) is 0 Å². The van der Waals surface area contributed by atoms with Crippen LogP contribution in [0, 0.1) is 20.8 Å². The van der Waals surface area contributed by atoms with Crippen LogP contribution in [0.4, 0.5) is 0 Å². The lowest BCUT2D eigenvalue weighted by atomic mass is 9.99. The normalized spacial score (nSPS) is 10.9. The predicted molar refractivity (Wildman–Crippen MR) is 58.3 cm³/mol. The first-order valence-electron chi connectivity index (χ1n) is 4.20. The van der Waals surface area contributed by atoms with Crippen molar-refractivity contribution in [2.75, 3.05) is 0 Å². The summed E-state index contributed by atoms with van der Waals surface area (Å²) in [6.45, 7) is 13.4. The first-order valence-corrected chi connectivity index (χ1v) is 4.58. The molecule has 1 aromatic carbocycles. The lowest BCUT2D eigenvalue weighted by Crippen LogP contribution is -1.90. The molecule has 4 radical (unpaired) electrons. The maximum Gasteiger partial charge on any atom is 0.129 e. The summed E-state index contributed by atoms with van der Waals surface area (Å²) in [7, 11) is 0. The quantitative estimate of drug-likeness (QED) is 0.596. The van der Waals surface area contributed by atoms with Gasteiger partial charge in [0.1, 0.15) is 5.15 Å². The summed E-state index contributed by atoms with van der Waals surface area (Å²) < 4.78 is 0. The summed E-state index contributed by atoms with van der Waals surface area (Å²) in [4.78, 5) is 4.17. The van der Waals surface area contributed by atoms with Crippen LogP contribution in [-0.4, -0.2) is 4.98 Å². The Bertz CT molecular complexity index is 503. The van der Waals surface area contributed by atoms with Gasteiger partial charge in [0.05, 0.1) is 5.52 Å². The van der Waals surface area contributed by atoms with Crippen molar-refractivity contribution in [3.63, 3.8) is 0 Å². The summed E-state index contributed by atoms with van der Waals surface area (Å²) >= 11 is 5.78. The molecule has 0 unspecified atom stereocenters. The Morgan fingerprint density at radius 2 is 2.00 bits per heavy atom. The third kappa shape index (κ3) is 1.38. The molecular weight excluding hydrogens is 194 g/mol. The zero-order chi connectivity index (χ0) is 10.3. The zero-order valence-corrected chi connectivity index (χ0v) is 8.47. The highest BCUT2D eigenvalue weighted by molar-refractivity contribution is 6.29. The number of pyridine rings is 1. The summed E-state index contributed by atoms with van der Waals surface area (Å²) in [5, 5.41) is 1.45. The molecule has 0 saturated carbocycles. The van der Waals surface area contributed by atoms with Crippen molar-refractivity contribution < 1.29 is 0 Å². The van der Waals surface area contributed by atoms with Crippen molar-refractivity contribution in [1.82, 2.24) is 4.98 Å². The number of aryl methyl sites for hydroxylation is 1. The van der Waals surface area contributed by atoms with Crippen LogP contribution < -0.4 is 0 Å². The largest absolute Gasteiger partial charge is 0.236 e. The van der Waals surface area contributed by atoms with Crippen molar-refractivity contribution in [1.29, 1.82) is 0 Å². The van der Waals surface area contributed by atoms with Crippen LogP contribution >= 0.6 is 11.6 Å². The van der Waals surface area contributed by atoms with Gasteiger partial charge in [0.25, 0.3) is 0 Å². The van der Waals surface area contributed by atoms with E-state index in [1.807, 2.05) is 13.0 Å². The van der Waals surface area contributed by atoms with Crippen molar-refractivity contribution in [2.45, 2.75) is 6.92 Å². The predicted octanol–water partition coefficient (Wildman–Crippen LogP) is 3.32. The minimum Gasteiger partial charge on any atom is -0.236 e. The summed E-state index contributed by atoms with van der Waals surface area (Å²) in [6, 6.07) is 5.38. The van der Waals surface area contributed by atoms with E-state index in [4.69, 9.17) is 25.4 Å². The summed E-state index contributed by atoms with van der Waals surface area (Å²) in [6.07, 6.45) is 0. The minimum absolute atomic E-state index is 0.459. The zero-order valence-electron chi connectivity index (χ0n) is 7.71. The highest BCUT2D eigenvalue weighted by atomic mass is 35.5. The third-order valence-corrected chi connectivity index (χ3v) is 2.51. The molecule has 0 amide bonds. The molecule has 2 heteroatoms. The van der Waals surface area contributed by atoms with Crippen molar-refractivity contribution in [3.05, 3.63) is 53.9 Å². The highest BCUT2D eigenvalue weighted by Gasteiger charge is 2.05. The monoisotopic (exact) mass is 201 g/mol. The van der Waals surface area contributed by atoms with Gasteiger partial charge in [-0.05, 0) is 55.7 Å². The molecule has 0 saturated heterocycles. The van der Waals surface area contributed by atoms with E-state index in [0.29, 0.717) is 16.3 Å². The van der Waals surface area contributed by atoms with Gasteiger partial charge in [-0.2, -0.15) is 0 Å². The second-order valence-electron chi connectivity index (χ2n) is 3.21. The van der Waals surface area contributed by atoms with E-state index in [2.05, 4.69) is 4.98 Å². The van der Waals surface area contributed by atoms with Gasteiger partial charge in [-0.25, -0.2) is 4.98 Å². The van der Waals surface area contributed by atoms with Crippen molar-refractivity contribution >= 4 is 22.5 Å². The van der Waals surface area contributed by atoms with Gasteiger partial charge in [0, 0.05) is 5.39 Å². The molecule has 0 atom stereocenters. The first kappa shape index (κ1) is 9.47. The minimum atomic E-state index is 0.459. The summed E-state index contributed by atoms with van der Waals surface area (Å²) in [5.74, 6) is 0. The van der Waals surface area contributed by atoms with Crippen LogP contribution in [0.15, 0.2) is 18.2 Å². The number of hydrogen-bond acceptors (Lipinski definition) is 1. The Hall–Kier alpha value is -1.08. The highest BCUT2D eigenvalue weighted by Crippen LogP contribution is 2.24. The van der Waals surface area contributed by atoms with E-state index in [1.54, 1.807) is 12.1 Å². The lowest BCUT2D eigenvalue weighted by Gasteiger charge is -2.08. The molecule has 14 heavy (non-hydrogen) atoms. The Kier molecular flexibility index (Phi) is 2.20. The average molecular weight is 202 g/mol. The number of aromatic nitrogens is 1. The number of hydrogen-bond donors (Lipinski definition) is 0. The molecule has 0 aliphatic heterocycles. The fraction of sp³-hybridized carbons (Fsp3) is 0.0833. The lowest BCUT2D eigenvalue weighted by molar-refractivity contribution is 1.36. The fourth-order valence-corrected chi connectivity index (χ4v) is 1.62. The second-order valence-corrected chi connectivity index (χ2v) is 3.59. The molecule has 0 aliphatic carbocycles. The average Bonchev–Trinajstić information content (AvgIpc) is 2.14. The van der Waals surface area contributed by atoms with Gasteiger partial charge in [-0.15, -0.1) is 0 Å². The van der Waals surface area contributed by atoms with E-state index in [0.717, 1.165) is 16.5 Å². The third-order valence-electron chi connectivity index (χ3n) is 2.30. The second kappa shape index (κ2) is 3.25. The van der Waals surface area contributed by atoms with Crippen LogP contribution in [0.2, 0.25) is 5.15 Å². The van der Waals surface area contributed by atoms with Gasteiger partial charge in [0.2, 0.25) is 0 Å². The number of halogens is 1. The maximum atomic E-state index is 5.80. The van der Waals surface area contributed by atoms with E-state index in [-0.39, 0.29) is 0 Å². The molecule has 0 N–H and O–H groups in total. The standard InChI is InChI=1S/C12H8ClN/c1-7-6-11-10(9(3)8(7)2)4-5-12(13)14-11/h1-2,4-6H,3H3. The van der Waals surface area contributed by atoms with Gasteiger partial charge >= 0.3 is 0 Å². The summed E-state index contributed by atoms with van der Waals surface area (Å²) in [5.41, 5.74) is 2.89. The molecule has 0 aliphatic rings. The first-order chi connectivity index (χ1) is 6.59. The SMILES string of the molecule is [CH]c1cc2nc(Cl)ccc2c(C)c1[CH]. The number of nitrogens with zero attached hydrogens (tertiary/aromatic N) is 1. The Balaban J connectivity index is 2.91. The topological polar surface area (TPSA) is 12.9 Å². The molecule has 0 fully saturated rings. The van der Waals surface area contributed by atoms with Gasteiger partial charge < -0.3 is 0 Å².